The summed E-state index contributed by atoms with van der Waals surface area (Å²) in [7, 11) is 2.12. The van der Waals surface area contributed by atoms with Crippen LogP contribution in [0.5, 0.6) is 0 Å². The monoisotopic (exact) mass is 263 g/mol. The molecule has 1 unspecified atom stereocenters. The zero-order valence-electron chi connectivity index (χ0n) is 11.8. The molecule has 2 rings (SSSR count). The molecule has 0 bridgehead atoms. The van der Waals surface area contributed by atoms with E-state index in [2.05, 4.69) is 44.4 Å². The second kappa shape index (κ2) is 6.63. The summed E-state index contributed by atoms with van der Waals surface area (Å²) < 4.78 is 0. The molecule has 1 saturated carbocycles. The number of hydrogen-bond acceptors (Lipinski definition) is 2. The predicted molar refractivity (Wildman–Crippen MR) is 81.4 cm³/mol. The van der Waals surface area contributed by atoms with Crippen molar-refractivity contribution in [3.05, 3.63) is 29.3 Å². The third-order valence-corrected chi connectivity index (χ3v) is 5.38. The number of thioether (sulfide) groups is 1. The molecule has 1 fully saturated rings. The Kier molecular flexibility index (Phi) is 5.13. The molecule has 0 amide bonds. The Balaban J connectivity index is 1.92. The summed E-state index contributed by atoms with van der Waals surface area (Å²) >= 11 is 2.01. The third kappa shape index (κ3) is 3.52. The van der Waals surface area contributed by atoms with E-state index in [1.165, 1.54) is 47.5 Å². The first-order chi connectivity index (χ1) is 8.70. The maximum atomic E-state index is 3.52. The van der Waals surface area contributed by atoms with Gasteiger partial charge in [-0.25, -0.2) is 0 Å². The van der Waals surface area contributed by atoms with Crippen LogP contribution in [0.15, 0.2) is 23.1 Å². The summed E-state index contributed by atoms with van der Waals surface area (Å²) in [5.74, 6) is 2.10. The van der Waals surface area contributed by atoms with Crippen molar-refractivity contribution in [3.8, 4) is 0 Å². The van der Waals surface area contributed by atoms with E-state index in [-0.39, 0.29) is 0 Å². The Morgan fingerprint density at radius 2 is 2.00 bits per heavy atom. The van der Waals surface area contributed by atoms with Gasteiger partial charge in [0.1, 0.15) is 0 Å². The van der Waals surface area contributed by atoms with Gasteiger partial charge in [-0.1, -0.05) is 30.5 Å². The van der Waals surface area contributed by atoms with Gasteiger partial charge in [0.05, 0.1) is 0 Å². The maximum Gasteiger partial charge on any atom is 0.0186 e. The quantitative estimate of drug-likeness (QED) is 0.800. The van der Waals surface area contributed by atoms with Crippen molar-refractivity contribution in [2.75, 3.05) is 12.8 Å². The molecule has 1 aliphatic rings. The molecule has 0 aromatic heterocycles. The highest BCUT2D eigenvalue weighted by Crippen LogP contribution is 2.31. The molecule has 2 heteroatoms. The largest absolute Gasteiger partial charge is 0.316 e. The highest BCUT2D eigenvalue weighted by atomic mass is 32.2. The minimum atomic E-state index is 0.679. The topological polar surface area (TPSA) is 12.0 Å². The second-order valence-corrected chi connectivity index (χ2v) is 6.58. The van der Waals surface area contributed by atoms with Crippen LogP contribution in [0.1, 0.15) is 36.8 Å². The number of benzene rings is 1. The second-order valence-electron chi connectivity index (χ2n) is 5.52. The standard InChI is InChI=1S/C16H25NS/c1-12-8-9-16(13(2)10-12)18-11-15(17-3)14-6-4-5-7-14/h8-10,14-15,17H,4-7,11H2,1-3H3. The van der Waals surface area contributed by atoms with Crippen molar-refractivity contribution < 1.29 is 0 Å². The van der Waals surface area contributed by atoms with Crippen LogP contribution in [0.4, 0.5) is 0 Å². The van der Waals surface area contributed by atoms with E-state index in [9.17, 15) is 0 Å². The van der Waals surface area contributed by atoms with Crippen molar-refractivity contribution >= 4 is 11.8 Å². The Hall–Kier alpha value is -0.470. The van der Waals surface area contributed by atoms with Crippen LogP contribution in [0.25, 0.3) is 0 Å². The highest BCUT2D eigenvalue weighted by Gasteiger charge is 2.23. The summed E-state index contributed by atoms with van der Waals surface area (Å²) in [4.78, 5) is 1.44. The Labute approximate surface area is 116 Å². The zero-order chi connectivity index (χ0) is 13.0. The molecule has 1 aliphatic carbocycles. The maximum absolute atomic E-state index is 3.52. The van der Waals surface area contributed by atoms with Crippen molar-refractivity contribution in [3.63, 3.8) is 0 Å². The fourth-order valence-corrected chi connectivity index (χ4v) is 4.20. The van der Waals surface area contributed by atoms with Crippen LogP contribution in [0.2, 0.25) is 0 Å². The van der Waals surface area contributed by atoms with Gasteiger partial charge in [0.15, 0.2) is 0 Å². The van der Waals surface area contributed by atoms with Crippen LogP contribution >= 0.6 is 11.8 Å². The average Bonchev–Trinajstić information content (AvgIpc) is 2.86. The molecule has 1 aromatic rings. The van der Waals surface area contributed by atoms with Crippen LogP contribution in [-0.2, 0) is 0 Å². The number of nitrogens with one attached hydrogen (secondary N) is 1. The van der Waals surface area contributed by atoms with Gasteiger partial charge in [-0.2, -0.15) is 0 Å². The number of aryl methyl sites for hydroxylation is 2. The van der Waals surface area contributed by atoms with E-state index in [4.69, 9.17) is 0 Å². The van der Waals surface area contributed by atoms with E-state index in [0.717, 1.165) is 5.92 Å². The lowest BCUT2D eigenvalue weighted by Gasteiger charge is -2.22. The average molecular weight is 263 g/mol. The molecular weight excluding hydrogens is 238 g/mol. The lowest BCUT2D eigenvalue weighted by atomic mass is 10.0. The molecular formula is C16H25NS. The SMILES string of the molecule is CNC(CSc1ccc(C)cc1C)C1CCCC1. The first-order valence-electron chi connectivity index (χ1n) is 7.08. The molecule has 18 heavy (non-hydrogen) atoms. The minimum Gasteiger partial charge on any atom is -0.316 e. The van der Waals surface area contributed by atoms with Gasteiger partial charge >= 0.3 is 0 Å². The smallest absolute Gasteiger partial charge is 0.0186 e. The molecule has 100 valence electrons. The highest BCUT2D eigenvalue weighted by molar-refractivity contribution is 7.99. The molecule has 0 aliphatic heterocycles. The molecule has 1 atom stereocenters. The van der Waals surface area contributed by atoms with Crippen molar-refractivity contribution in [1.29, 1.82) is 0 Å². The van der Waals surface area contributed by atoms with E-state index < -0.39 is 0 Å². The molecule has 0 radical (unpaired) electrons. The summed E-state index contributed by atoms with van der Waals surface area (Å²) in [6.07, 6.45) is 5.69. The molecule has 1 nitrogen and oxygen atoms in total. The summed E-state index contributed by atoms with van der Waals surface area (Å²) in [5, 5.41) is 3.52. The number of hydrogen-bond donors (Lipinski definition) is 1. The van der Waals surface area contributed by atoms with Gasteiger partial charge in [0.25, 0.3) is 0 Å². The van der Waals surface area contributed by atoms with E-state index in [0.29, 0.717) is 6.04 Å². The van der Waals surface area contributed by atoms with Crippen LogP contribution < -0.4 is 5.32 Å². The lowest BCUT2D eigenvalue weighted by Crippen LogP contribution is -2.34. The Morgan fingerprint density at radius 1 is 1.28 bits per heavy atom. The van der Waals surface area contributed by atoms with Gasteiger partial charge in [-0.15, -0.1) is 11.8 Å². The van der Waals surface area contributed by atoms with E-state index in [1.807, 2.05) is 11.8 Å². The van der Waals surface area contributed by atoms with Gasteiger partial charge in [-0.3, -0.25) is 0 Å². The minimum absolute atomic E-state index is 0.679. The zero-order valence-corrected chi connectivity index (χ0v) is 12.6. The molecule has 1 aromatic carbocycles. The van der Waals surface area contributed by atoms with E-state index >= 15 is 0 Å². The lowest BCUT2D eigenvalue weighted by molar-refractivity contribution is 0.410. The predicted octanol–water partition coefficient (Wildman–Crippen LogP) is 4.17. The van der Waals surface area contributed by atoms with Crippen LogP contribution in [-0.4, -0.2) is 18.8 Å². The molecule has 1 N–H and O–H groups in total. The van der Waals surface area contributed by atoms with Crippen molar-refractivity contribution in [2.24, 2.45) is 5.92 Å². The van der Waals surface area contributed by atoms with Crippen LogP contribution in [0.3, 0.4) is 0 Å². The first-order valence-corrected chi connectivity index (χ1v) is 8.06. The molecule has 0 heterocycles. The Bertz CT molecular complexity index is 383. The normalized spacial score (nSPS) is 18.2. The fourth-order valence-electron chi connectivity index (χ4n) is 2.96. The van der Waals surface area contributed by atoms with Gasteiger partial charge in [0, 0.05) is 16.7 Å². The Morgan fingerprint density at radius 3 is 2.61 bits per heavy atom. The number of rotatable bonds is 5. The van der Waals surface area contributed by atoms with Crippen molar-refractivity contribution in [1.82, 2.24) is 5.32 Å². The summed E-state index contributed by atoms with van der Waals surface area (Å²) in [5.41, 5.74) is 2.78. The first kappa shape index (κ1) is 14.0. The van der Waals surface area contributed by atoms with Gasteiger partial charge < -0.3 is 5.32 Å². The van der Waals surface area contributed by atoms with Crippen LogP contribution in [0, 0.1) is 19.8 Å². The molecule has 0 saturated heterocycles. The van der Waals surface area contributed by atoms with Gasteiger partial charge in [-0.05, 0) is 51.3 Å². The third-order valence-electron chi connectivity index (χ3n) is 4.09. The summed E-state index contributed by atoms with van der Waals surface area (Å²) in [6.45, 7) is 4.38. The van der Waals surface area contributed by atoms with Crippen molar-refractivity contribution in [2.45, 2.75) is 50.5 Å². The summed E-state index contributed by atoms with van der Waals surface area (Å²) in [6, 6.07) is 7.46. The van der Waals surface area contributed by atoms with E-state index in [1.54, 1.807) is 0 Å². The van der Waals surface area contributed by atoms with Gasteiger partial charge in [0.2, 0.25) is 0 Å². The molecule has 0 spiro atoms. The fraction of sp³-hybridized carbons (Fsp3) is 0.625.